The fourth-order valence-electron chi connectivity index (χ4n) is 2.23. The molecule has 1 aromatic heterocycles. The highest BCUT2D eigenvalue weighted by atomic mass is 16.2. The molecule has 8 heteroatoms. The SMILES string of the molecule is CC(=O)Nc1ccc(NC(=O)c2cc(NCCCN(C)C)ncn2)cc1. The number of hydrogen-bond acceptors (Lipinski definition) is 6. The maximum Gasteiger partial charge on any atom is 0.274 e. The molecule has 0 fully saturated rings. The molecule has 8 nitrogen and oxygen atoms in total. The van der Waals surface area contributed by atoms with E-state index in [4.69, 9.17) is 0 Å². The second kappa shape index (κ2) is 9.47. The minimum Gasteiger partial charge on any atom is -0.370 e. The number of carbonyl (C=O) groups excluding carboxylic acids is 2. The van der Waals surface area contributed by atoms with E-state index in [-0.39, 0.29) is 17.5 Å². The molecule has 2 amide bonds. The van der Waals surface area contributed by atoms with Crippen LogP contribution in [-0.4, -0.2) is 53.9 Å². The first-order valence-electron chi connectivity index (χ1n) is 8.33. The van der Waals surface area contributed by atoms with Crippen LogP contribution in [-0.2, 0) is 4.79 Å². The van der Waals surface area contributed by atoms with Gasteiger partial charge in [0.25, 0.3) is 5.91 Å². The molecule has 1 heterocycles. The standard InChI is InChI=1S/C18H24N6O2/c1-13(25)22-14-5-7-15(8-6-14)23-18(26)16-11-17(21-12-20-16)19-9-4-10-24(2)3/h5-8,11-12H,4,9-10H2,1-3H3,(H,22,25)(H,23,26)(H,19,20,21). The summed E-state index contributed by atoms with van der Waals surface area (Å²) in [6.07, 6.45) is 2.34. The monoisotopic (exact) mass is 356 g/mol. The van der Waals surface area contributed by atoms with E-state index in [0.29, 0.717) is 17.2 Å². The summed E-state index contributed by atoms with van der Waals surface area (Å²) in [6, 6.07) is 8.48. The number of aromatic nitrogens is 2. The first kappa shape index (κ1) is 19.3. The quantitative estimate of drug-likeness (QED) is 0.626. The summed E-state index contributed by atoms with van der Waals surface area (Å²) in [5, 5.41) is 8.63. The minimum atomic E-state index is -0.323. The first-order valence-corrected chi connectivity index (χ1v) is 8.33. The van der Waals surface area contributed by atoms with Crippen molar-refractivity contribution in [3.05, 3.63) is 42.4 Å². The van der Waals surface area contributed by atoms with Gasteiger partial charge in [-0.1, -0.05) is 0 Å². The van der Waals surface area contributed by atoms with Gasteiger partial charge in [-0.3, -0.25) is 9.59 Å². The Bertz CT molecular complexity index is 746. The molecule has 0 aliphatic heterocycles. The lowest BCUT2D eigenvalue weighted by molar-refractivity contribution is -0.114. The molecular weight excluding hydrogens is 332 g/mol. The van der Waals surface area contributed by atoms with Crippen LogP contribution in [0.25, 0.3) is 0 Å². The molecule has 0 spiro atoms. The van der Waals surface area contributed by atoms with Crippen LogP contribution in [0.2, 0.25) is 0 Å². The minimum absolute atomic E-state index is 0.145. The molecule has 2 aromatic rings. The van der Waals surface area contributed by atoms with Gasteiger partial charge in [0.1, 0.15) is 17.8 Å². The topological polar surface area (TPSA) is 99.2 Å². The second-order valence-corrected chi connectivity index (χ2v) is 6.08. The van der Waals surface area contributed by atoms with Gasteiger partial charge in [0, 0.05) is 30.9 Å². The Morgan fingerprint density at radius 2 is 1.69 bits per heavy atom. The van der Waals surface area contributed by atoms with E-state index < -0.39 is 0 Å². The third kappa shape index (κ3) is 6.48. The van der Waals surface area contributed by atoms with Crippen LogP contribution >= 0.6 is 0 Å². The largest absolute Gasteiger partial charge is 0.370 e. The number of benzene rings is 1. The van der Waals surface area contributed by atoms with Gasteiger partial charge in [0.2, 0.25) is 5.91 Å². The van der Waals surface area contributed by atoms with Crippen LogP contribution in [0.4, 0.5) is 17.2 Å². The molecule has 0 unspecified atom stereocenters. The summed E-state index contributed by atoms with van der Waals surface area (Å²) < 4.78 is 0. The molecule has 26 heavy (non-hydrogen) atoms. The highest BCUT2D eigenvalue weighted by Crippen LogP contribution is 2.14. The van der Waals surface area contributed by atoms with Crippen LogP contribution in [0.5, 0.6) is 0 Å². The van der Waals surface area contributed by atoms with Crippen molar-refractivity contribution in [1.82, 2.24) is 14.9 Å². The van der Waals surface area contributed by atoms with Crippen molar-refractivity contribution in [1.29, 1.82) is 0 Å². The molecule has 2 rings (SSSR count). The van der Waals surface area contributed by atoms with E-state index in [1.165, 1.54) is 13.3 Å². The lowest BCUT2D eigenvalue weighted by atomic mass is 10.2. The van der Waals surface area contributed by atoms with Crippen molar-refractivity contribution < 1.29 is 9.59 Å². The summed E-state index contributed by atoms with van der Waals surface area (Å²) in [4.78, 5) is 33.6. The van der Waals surface area contributed by atoms with Crippen LogP contribution in [0.1, 0.15) is 23.8 Å². The number of anilines is 3. The van der Waals surface area contributed by atoms with Crippen molar-refractivity contribution in [3.63, 3.8) is 0 Å². The molecule has 0 saturated carbocycles. The molecule has 0 aliphatic rings. The highest BCUT2D eigenvalue weighted by molar-refractivity contribution is 6.03. The Balaban J connectivity index is 1.92. The van der Waals surface area contributed by atoms with E-state index in [2.05, 4.69) is 30.8 Å². The van der Waals surface area contributed by atoms with Crippen LogP contribution in [0.3, 0.4) is 0 Å². The molecule has 0 saturated heterocycles. The van der Waals surface area contributed by atoms with Gasteiger partial charge in [0.05, 0.1) is 0 Å². The molecule has 1 aromatic carbocycles. The van der Waals surface area contributed by atoms with Crippen LogP contribution in [0.15, 0.2) is 36.7 Å². The van der Waals surface area contributed by atoms with Gasteiger partial charge in [-0.05, 0) is 51.3 Å². The molecule has 0 radical (unpaired) electrons. The predicted octanol–water partition coefficient (Wildman–Crippen LogP) is 2.05. The van der Waals surface area contributed by atoms with E-state index in [0.717, 1.165) is 19.5 Å². The summed E-state index contributed by atoms with van der Waals surface area (Å²) in [5.41, 5.74) is 1.56. The number of carbonyl (C=O) groups is 2. The third-order valence-corrected chi connectivity index (χ3v) is 3.45. The molecular formula is C18H24N6O2. The Morgan fingerprint density at radius 3 is 2.31 bits per heavy atom. The molecule has 0 aliphatic carbocycles. The zero-order valence-corrected chi connectivity index (χ0v) is 15.2. The smallest absolute Gasteiger partial charge is 0.274 e. The fraction of sp³-hybridized carbons (Fsp3) is 0.333. The van der Waals surface area contributed by atoms with Gasteiger partial charge in [0.15, 0.2) is 0 Å². The molecule has 138 valence electrons. The number of amides is 2. The zero-order chi connectivity index (χ0) is 18.9. The van der Waals surface area contributed by atoms with Gasteiger partial charge in [-0.2, -0.15) is 0 Å². The highest BCUT2D eigenvalue weighted by Gasteiger charge is 2.09. The van der Waals surface area contributed by atoms with Crippen molar-refractivity contribution in [2.24, 2.45) is 0 Å². The summed E-state index contributed by atoms with van der Waals surface area (Å²) in [6.45, 7) is 3.18. The van der Waals surface area contributed by atoms with E-state index >= 15 is 0 Å². The van der Waals surface area contributed by atoms with Crippen LogP contribution in [0, 0.1) is 0 Å². The Hall–Kier alpha value is -3.00. The number of nitrogens with one attached hydrogen (secondary N) is 3. The van der Waals surface area contributed by atoms with Crippen molar-refractivity contribution in [3.8, 4) is 0 Å². The zero-order valence-electron chi connectivity index (χ0n) is 15.2. The normalized spacial score (nSPS) is 10.5. The lowest BCUT2D eigenvalue weighted by Gasteiger charge is -2.10. The van der Waals surface area contributed by atoms with E-state index in [9.17, 15) is 9.59 Å². The second-order valence-electron chi connectivity index (χ2n) is 6.08. The van der Waals surface area contributed by atoms with Gasteiger partial charge in [-0.15, -0.1) is 0 Å². The van der Waals surface area contributed by atoms with Crippen molar-refractivity contribution >= 4 is 29.0 Å². The maximum atomic E-state index is 12.3. The maximum absolute atomic E-state index is 12.3. The number of hydrogen-bond donors (Lipinski definition) is 3. The summed E-state index contributed by atoms with van der Waals surface area (Å²) in [5.74, 6) is 0.148. The fourth-order valence-corrected chi connectivity index (χ4v) is 2.23. The Labute approximate surface area is 153 Å². The number of rotatable bonds is 8. The summed E-state index contributed by atoms with van der Waals surface area (Å²) in [7, 11) is 4.05. The van der Waals surface area contributed by atoms with E-state index in [1.54, 1.807) is 30.3 Å². The predicted molar refractivity (Wildman–Crippen MR) is 102 cm³/mol. The number of nitrogens with zero attached hydrogens (tertiary/aromatic N) is 3. The average Bonchev–Trinajstić information content (AvgIpc) is 2.60. The van der Waals surface area contributed by atoms with Gasteiger partial charge >= 0.3 is 0 Å². The summed E-state index contributed by atoms with van der Waals surface area (Å²) >= 11 is 0. The average molecular weight is 356 g/mol. The van der Waals surface area contributed by atoms with Crippen molar-refractivity contribution in [2.75, 3.05) is 43.1 Å². The van der Waals surface area contributed by atoms with Crippen molar-refractivity contribution in [2.45, 2.75) is 13.3 Å². The Kier molecular flexibility index (Phi) is 7.04. The van der Waals surface area contributed by atoms with Gasteiger partial charge < -0.3 is 20.9 Å². The molecule has 3 N–H and O–H groups in total. The first-order chi connectivity index (χ1) is 12.4. The van der Waals surface area contributed by atoms with Crippen LogP contribution < -0.4 is 16.0 Å². The third-order valence-electron chi connectivity index (χ3n) is 3.45. The van der Waals surface area contributed by atoms with Gasteiger partial charge in [-0.25, -0.2) is 9.97 Å². The lowest BCUT2D eigenvalue weighted by Crippen LogP contribution is -2.17. The molecule has 0 bridgehead atoms. The Morgan fingerprint density at radius 1 is 1.04 bits per heavy atom. The molecule has 0 atom stereocenters. The van der Waals surface area contributed by atoms with E-state index in [1.807, 2.05) is 14.1 Å².